The predicted octanol–water partition coefficient (Wildman–Crippen LogP) is 3.67. The second kappa shape index (κ2) is 8.63. The Kier molecular flexibility index (Phi) is 6.81. The van der Waals surface area contributed by atoms with Gasteiger partial charge in [0, 0.05) is 31.3 Å². The highest BCUT2D eigenvalue weighted by Crippen LogP contribution is 2.26. The second-order valence-electron chi connectivity index (χ2n) is 7.51. The molecule has 1 heterocycles. The van der Waals surface area contributed by atoms with Crippen LogP contribution in [0.15, 0.2) is 18.2 Å². The summed E-state index contributed by atoms with van der Waals surface area (Å²) >= 11 is 0. The van der Waals surface area contributed by atoms with Crippen LogP contribution in [0.1, 0.15) is 44.7 Å². The quantitative estimate of drug-likeness (QED) is 0.801. The SMILES string of the molecule is Cc1ccc(NC(=O)C[C@H](C)NC[C@H]2CCO[C@H]2C(C)C)c(C)c1. The van der Waals surface area contributed by atoms with Crippen LogP contribution in [0.3, 0.4) is 0 Å². The molecular formula is C20H32N2O2. The summed E-state index contributed by atoms with van der Waals surface area (Å²) in [5, 5.41) is 6.53. The Balaban J connectivity index is 1.77. The number of rotatable bonds is 7. The molecule has 1 amide bonds. The highest BCUT2D eigenvalue weighted by molar-refractivity contribution is 5.91. The largest absolute Gasteiger partial charge is 0.378 e. The van der Waals surface area contributed by atoms with Gasteiger partial charge < -0.3 is 15.4 Å². The number of hydrogen-bond acceptors (Lipinski definition) is 3. The molecule has 2 N–H and O–H groups in total. The van der Waals surface area contributed by atoms with Crippen LogP contribution in [-0.4, -0.2) is 31.2 Å². The molecule has 0 aromatic heterocycles. The lowest BCUT2D eigenvalue weighted by molar-refractivity contribution is -0.116. The zero-order valence-electron chi connectivity index (χ0n) is 15.7. The number of carbonyl (C=O) groups excluding carboxylic acids is 1. The zero-order valence-corrected chi connectivity index (χ0v) is 15.7. The fourth-order valence-corrected chi connectivity index (χ4v) is 3.47. The summed E-state index contributed by atoms with van der Waals surface area (Å²) < 4.78 is 5.82. The van der Waals surface area contributed by atoms with Crippen LogP contribution < -0.4 is 10.6 Å². The molecular weight excluding hydrogens is 300 g/mol. The molecule has 134 valence electrons. The van der Waals surface area contributed by atoms with Gasteiger partial charge in [-0.15, -0.1) is 0 Å². The minimum atomic E-state index is 0.0602. The van der Waals surface area contributed by atoms with E-state index in [0.29, 0.717) is 24.4 Å². The molecule has 1 aliphatic rings. The van der Waals surface area contributed by atoms with Gasteiger partial charge in [-0.2, -0.15) is 0 Å². The van der Waals surface area contributed by atoms with Crippen molar-refractivity contribution in [3.8, 4) is 0 Å². The molecule has 1 aliphatic heterocycles. The van der Waals surface area contributed by atoms with Crippen molar-refractivity contribution in [1.29, 1.82) is 0 Å². The van der Waals surface area contributed by atoms with Crippen molar-refractivity contribution in [1.82, 2.24) is 5.32 Å². The van der Waals surface area contributed by atoms with E-state index in [1.165, 1.54) is 5.56 Å². The maximum atomic E-state index is 12.3. The smallest absolute Gasteiger partial charge is 0.225 e. The van der Waals surface area contributed by atoms with Gasteiger partial charge in [0.05, 0.1) is 6.10 Å². The minimum Gasteiger partial charge on any atom is -0.378 e. The minimum absolute atomic E-state index is 0.0602. The number of anilines is 1. The Labute approximate surface area is 146 Å². The molecule has 1 saturated heterocycles. The van der Waals surface area contributed by atoms with Crippen LogP contribution in [0.2, 0.25) is 0 Å². The van der Waals surface area contributed by atoms with Gasteiger partial charge in [0.1, 0.15) is 0 Å². The summed E-state index contributed by atoms with van der Waals surface area (Å²) in [6.07, 6.45) is 1.93. The second-order valence-corrected chi connectivity index (χ2v) is 7.51. The molecule has 0 aliphatic carbocycles. The average molecular weight is 332 g/mol. The maximum absolute atomic E-state index is 12.3. The van der Waals surface area contributed by atoms with Crippen molar-refractivity contribution in [3.05, 3.63) is 29.3 Å². The van der Waals surface area contributed by atoms with Crippen molar-refractivity contribution in [2.24, 2.45) is 11.8 Å². The molecule has 0 unspecified atom stereocenters. The Morgan fingerprint density at radius 3 is 2.71 bits per heavy atom. The van der Waals surface area contributed by atoms with Crippen molar-refractivity contribution in [2.45, 2.75) is 59.6 Å². The Morgan fingerprint density at radius 1 is 1.29 bits per heavy atom. The van der Waals surface area contributed by atoms with Crippen LogP contribution >= 0.6 is 0 Å². The van der Waals surface area contributed by atoms with Gasteiger partial charge in [0.2, 0.25) is 5.91 Å². The van der Waals surface area contributed by atoms with Crippen LogP contribution in [-0.2, 0) is 9.53 Å². The lowest BCUT2D eigenvalue weighted by Gasteiger charge is -2.24. The number of ether oxygens (including phenoxy) is 1. The molecule has 4 nitrogen and oxygen atoms in total. The summed E-state index contributed by atoms with van der Waals surface area (Å²) in [5.74, 6) is 1.15. The normalized spacial score (nSPS) is 21.9. The number of nitrogens with one attached hydrogen (secondary N) is 2. The third-order valence-corrected chi connectivity index (χ3v) is 4.80. The predicted molar refractivity (Wildman–Crippen MR) is 99.3 cm³/mol. The summed E-state index contributed by atoms with van der Waals surface area (Å²) in [6.45, 7) is 12.4. The standard InChI is InChI=1S/C20H32N2O2/c1-13(2)20-17(8-9-24-20)12-21-16(5)11-19(23)22-18-7-6-14(3)10-15(18)4/h6-7,10,13,16-17,20-21H,8-9,11-12H2,1-5H3,(H,22,23)/t16-,17+,20-/m0/s1. The molecule has 0 radical (unpaired) electrons. The fourth-order valence-electron chi connectivity index (χ4n) is 3.47. The van der Waals surface area contributed by atoms with E-state index in [1.54, 1.807) is 0 Å². The van der Waals surface area contributed by atoms with Crippen molar-refractivity contribution in [2.75, 3.05) is 18.5 Å². The number of hydrogen-bond donors (Lipinski definition) is 2. The van der Waals surface area contributed by atoms with E-state index in [0.717, 1.165) is 30.8 Å². The van der Waals surface area contributed by atoms with Crippen LogP contribution in [0.25, 0.3) is 0 Å². The van der Waals surface area contributed by atoms with E-state index in [9.17, 15) is 4.79 Å². The van der Waals surface area contributed by atoms with Gasteiger partial charge in [0.25, 0.3) is 0 Å². The first-order valence-electron chi connectivity index (χ1n) is 9.09. The van der Waals surface area contributed by atoms with E-state index >= 15 is 0 Å². The molecule has 2 rings (SSSR count). The molecule has 4 heteroatoms. The fraction of sp³-hybridized carbons (Fsp3) is 0.650. The highest BCUT2D eigenvalue weighted by Gasteiger charge is 2.30. The summed E-state index contributed by atoms with van der Waals surface area (Å²) in [5.41, 5.74) is 3.22. The Bertz CT molecular complexity index is 557. The summed E-state index contributed by atoms with van der Waals surface area (Å²) in [4.78, 5) is 12.3. The van der Waals surface area contributed by atoms with Gasteiger partial charge >= 0.3 is 0 Å². The zero-order chi connectivity index (χ0) is 17.7. The molecule has 1 aromatic carbocycles. The number of benzene rings is 1. The van der Waals surface area contributed by atoms with E-state index in [2.05, 4.69) is 44.4 Å². The van der Waals surface area contributed by atoms with E-state index in [4.69, 9.17) is 4.74 Å². The van der Waals surface area contributed by atoms with Crippen LogP contribution in [0.5, 0.6) is 0 Å². The number of amides is 1. The molecule has 1 fully saturated rings. The van der Waals surface area contributed by atoms with Crippen LogP contribution in [0.4, 0.5) is 5.69 Å². The topological polar surface area (TPSA) is 50.4 Å². The Hall–Kier alpha value is -1.39. The third kappa shape index (κ3) is 5.32. The van der Waals surface area contributed by atoms with Crippen molar-refractivity contribution in [3.63, 3.8) is 0 Å². The van der Waals surface area contributed by atoms with Gasteiger partial charge in [0.15, 0.2) is 0 Å². The van der Waals surface area contributed by atoms with E-state index < -0.39 is 0 Å². The Morgan fingerprint density at radius 2 is 2.04 bits per heavy atom. The number of carbonyl (C=O) groups is 1. The number of aryl methyl sites for hydroxylation is 2. The first kappa shape index (κ1) is 18.9. The summed E-state index contributed by atoms with van der Waals surface area (Å²) in [6, 6.07) is 6.24. The molecule has 1 aromatic rings. The van der Waals surface area contributed by atoms with E-state index in [1.807, 2.05) is 19.1 Å². The summed E-state index contributed by atoms with van der Waals surface area (Å²) in [7, 11) is 0. The van der Waals surface area contributed by atoms with Gasteiger partial charge in [-0.05, 0) is 50.7 Å². The van der Waals surface area contributed by atoms with E-state index in [-0.39, 0.29) is 11.9 Å². The molecule has 0 bridgehead atoms. The first-order chi connectivity index (χ1) is 11.4. The highest BCUT2D eigenvalue weighted by atomic mass is 16.5. The molecule has 0 spiro atoms. The van der Waals surface area contributed by atoms with Crippen molar-refractivity contribution < 1.29 is 9.53 Å². The van der Waals surface area contributed by atoms with Gasteiger partial charge in [-0.3, -0.25) is 4.79 Å². The van der Waals surface area contributed by atoms with Crippen molar-refractivity contribution >= 4 is 11.6 Å². The molecule has 3 atom stereocenters. The third-order valence-electron chi connectivity index (χ3n) is 4.80. The lowest BCUT2D eigenvalue weighted by atomic mass is 9.93. The van der Waals surface area contributed by atoms with Gasteiger partial charge in [-0.1, -0.05) is 31.5 Å². The van der Waals surface area contributed by atoms with Crippen LogP contribution in [0, 0.1) is 25.7 Å². The molecule has 24 heavy (non-hydrogen) atoms. The van der Waals surface area contributed by atoms with Gasteiger partial charge in [-0.25, -0.2) is 0 Å². The lowest BCUT2D eigenvalue weighted by Crippen LogP contribution is -2.37. The molecule has 0 saturated carbocycles. The maximum Gasteiger partial charge on any atom is 0.225 e. The monoisotopic (exact) mass is 332 g/mol. The first-order valence-corrected chi connectivity index (χ1v) is 9.09. The average Bonchev–Trinajstić information content (AvgIpc) is 2.97.